The Morgan fingerprint density at radius 1 is 1.27 bits per heavy atom. The molecule has 1 aliphatic rings. The van der Waals surface area contributed by atoms with Crippen LogP contribution in [0.2, 0.25) is 0 Å². The third-order valence-electron chi connectivity index (χ3n) is 3.03. The van der Waals surface area contributed by atoms with Gasteiger partial charge >= 0.3 is 0 Å². The summed E-state index contributed by atoms with van der Waals surface area (Å²) >= 11 is 0. The van der Waals surface area contributed by atoms with E-state index in [2.05, 4.69) is 19.1 Å². The molecule has 0 N–H and O–H groups in total. The largest absolute Gasteiger partial charge is 0.311 e. The second-order valence-electron chi connectivity index (χ2n) is 4.80. The standard InChI is InChI=1S/C13H17NO/c1-4-10-5-7-11(8-6-10)14-9-13(2,3)12(14)15/h5-8H,4,9H2,1-3H3. The molecule has 2 rings (SSSR count). The number of rotatable bonds is 2. The van der Waals surface area contributed by atoms with Crippen molar-refractivity contribution in [2.24, 2.45) is 5.41 Å². The van der Waals surface area contributed by atoms with E-state index in [4.69, 9.17) is 0 Å². The summed E-state index contributed by atoms with van der Waals surface area (Å²) in [5, 5.41) is 0. The maximum atomic E-state index is 11.8. The van der Waals surface area contributed by atoms with Crippen molar-refractivity contribution in [1.82, 2.24) is 0 Å². The second kappa shape index (κ2) is 3.37. The lowest BCUT2D eigenvalue weighted by molar-refractivity contribution is -0.132. The molecule has 0 radical (unpaired) electrons. The number of amides is 1. The Morgan fingerprint density at radius 2 is 1.87 bits per heavy atom. The SMILES string of the molecule is CCc1ccc(N2CC(C)(C)C2=O)cc1. The highest BCUT2D eigenvalue weighted by atomic mass is 16.2. The van der Waals surface area contributed by atoms with Crippen molar-refractivity contribution in [2.45, 2.75) is 27.2 Å². The van der Waals surface area contributed by atoms with Gasteiger partial charge in [0.1, 0.15) is 0 Å². The average Bonchev–Trinajstić information content (AvgIpc) is 2.26. The van der Waals surface area contributed by atoms with Gasteiger partial charge in [-0.05, 0) is 38.0 Å². The molecular weight excluding hydrogens is 186 g/mol. The van der Waals surface area contributed by atoms with Crippen LogP contribution in [0.3, 0.4) is 0 Å². The Bertz CT molecular complexity index is 378. The summed E-state index contributed by atoms with van der Waals surface area (Å²) in [5.74, 6) is 0.228. The Hall–Kier alpha value is -1.31. The summed E-state index contributed by atoms with van der Waals surface area (Å²) in [5.41, 5.74) is 2.17. The predicted octanol–water partition coefficient (Wildman–Crippen LogP) is 2.62. The molecule has 0 spiro atoms. The molecule has 2 nitrogen and oxygen atoms in total. The van der Waals surface area contributed by atoms with Gasteiger partial charge in [0, 0.05) is 12.2 Å². The van der Waals surface area contributed by atoms with E-state index in [0.29, 0.717) is 0 Å². The number of nitrogens with zero attached hydrogens (tertiary/aromatic N) is 1. The first-order valence-electron chi connectivity index (χ1n) is 5.45. The molecule has 80 valence electrons. The second-order valence-corrected chi connectivity index (χ2v) is 4.80. The lowest BCUT2D eigenvalue weighted by atomic mass is 9.82. The Balaban J connectivity index is 2.16. The van der Waals surface area contributed by atoms with E-state index in [1.807, 2.05) is 30.9 Å². The van der Waals surface area contributed by atoms with E-state index in [9.17, 15) is 4.79 Å². The van der Waals surface area contributed by atoms with E-state index in [1.165, 1.54) is 5.56 Å². The first-order valence-corrected chi connectivity index (χ1v) is 5.45. The fourth-order valence-corrected chi connectivity index (χ4v) is 1.93. The van der Waals surface area contributed by atoms with E-state index in [-0.39, 0.29) is 11.3 Å². The number of hydrogen-bond donors (Lipinski definition) is 0. The highest BCUT2D eigenvalue weighted by Gasteiger charge is 2.44. The summed E-state index contributed by atoms with van der Waals surface area (Å²) < 4.78 is 0. The fraction of sp³-hybridized carbons (Fsp3) is 0.462. The van der Waals surface area contributed by atoms with Crippen molar-refractivity contribution in [3.63, 3.8) is 0 Å². The topological polar surface area (TPSA) is 20.3 Å². The average molecular weight is 203 g/mol. The third-order valence-corrected chi connectivity index (χ3v) is 3.03. The lowest BCUT2D eigenvalue weighted by Crippen LogP contribution is -2.58. The van der Waals surface area contributed by atoms with E-state index >= 15 is 0 Å². The van der Waals surface area contributed by atoms with Crippen LogP contribution in [0.5, 0.6) is 0 Å². The van der Waals surface area contributed by atoms with E-state index in [0.717, 1.165) is 18.7 Å². The van der Waals surface area contributed by atoms with Crippen LogP contribution in [0.1, 0.15) is 26.3 Å². The van der Waals surface area contributed by atoms with Crippen LogP contribution < -0.4 is 4.90 Å². The van der Waals surface area contributed by atoms with Crippen molar-refractivity contribution < 1.29 is 4.79 Å². The molecule has 0 unspecified atom stereocenters. The molecule has 1 aromatic carbocycles. The molecule has 0 aliphatic carbocycles. The summed E-state index contributed by atoms with van der Waals surface area (Å²) in [6.45, 7) is 6.95. The van der Waals surface area contributed by atoms with Crippen LogP contribution in [0, 0.1) is 5.41 Å². The van der Waals surface area contributed by atoms with Gasteiger partial charge in [-0.15, -0.1) is 0 Å². The quantitative estimate of drug-likeness (QED) is 0.677. The maximum absolute atomic E-state index is 11.8. The number of anilines is 1. The maximum Gasteiger partial charge on any atom is 0.234 e. The van der Waals surface area contributed by atoms with Gasteiger partial charge < -0.3 is 4.90 Å². The van der Waals surface area contributed by atoms with Crippen molar-refractivity contribution in [3.8, 4) is 0 Å². The molecule has 0 aromatic heterocycles. The van der Waals surface area contributed by atoms with E-state index < -0.39 is 0 Å². The lowest BCUT2D eigenvalue weighted by Gasteiger charge is -2.44. The molecule has 0 bridgehead atoms. The number of carbonyl (C=O) groups is 1. The van der Waals surface area contributed by atoms with Crippen LogP contribution >= 0.6 is 0 Å². The van der Waals surface area contributed by atoms with Crippen molar-refractivity contribution in [2.75, 3.05) is 11.4 Å². The smallest absolute Gasteiger partial charge is 0.234 e. The number of carbonyl (C=O) groups excluding carboxylic acids is 1. The van der Waals surface area contributed by atoms with Gasteiger partial charge in [-0.1, -0.05) is 19.1 Å². The monoisotopic (exact) mass is 203 g/mol. The summed E-state index contributed by atoms with van der Waals surface area (Å²) in [7, 11) is 0. The Morgan fingerprint density at radius 3 is 2.27 bits per heavy atom. The van der Waals surface area contributed by atoms with Gasteiger partial charge in [-0.2, -0.15) is 0 Å². The molecule has 1 heterocycles. The van der Waals surface area contributed by atoms with Crippen LogP contribution in [-0.4, -0.2) is 12.5 Å². The van der Waals surface area contributed by atoms with Gasteiger partial charge in [0.05, 0.1) is 5.41 Å². The molecule has 1 aliphatic heterocycles. The molecule has 0 saturated carbocycles. The van der Waals surface area contributed by atoms with Gasteiger partial charge in [-0.25, -0.2) is 0 Å². The van der Waals surface area contributed by atoms with Gasteiger partial charge in [-0.3, -0.25) is 4.79 Å². The van der Waals surface area contributed by atoms with E-state index in [1.54, 1.807) is 0 Å². The normalized spacial score (nSPS) is 18.9. The summed E-state index contributed by atoms with van der Waals surface area (Å²) in [6, 6.07) is 8.25. The minimum Gasteiger partial charge on any atom is -0.311 e. The van der Waals surface area contributed by atoms with Gasteiger partial charge in [0.25, 0.3) is 0 Å². The number of β-lactam (4-membered cyclic amide) rings is 1. The molecule has 1 saturated heterocycles. The molecule has 1 amide bonds. The Labute approximate surface area is 90.9 Å². The highest BCUT2D eigenvalue weighted by Crippen LogP contribution is 2.34. The van der Waals surface area contributed by atoms with Crippen LogP contribution in [-0.2, 0) is 11.2 Å². The zero-order valence-corrected chi connectivity index (χ0v) is 9.58. The van der Waals surface area contributed by atoms with Crippen molar-refractivity contribution in [1.29, 1.82) is 0 Å². The minimum atomic E-state index is -0.163. The van der Waals surface area contributed by atoms with Gasteiger partial charge in [0.2, 0.25) is 5.91 Å². The molecule has 0 atom stereocenters. The van der Waals surface area contributed by atoms with Crippen molar-refractivity contribution >= 4 is 11.6 Å². The fourth-order valence-electron chi connectivity index (χ4n) is 1.93. The molecular formula is C13H17NO. The number of hydrogen-bond acceptors (Lipinski definition) is 1. The zero-order chi connectivity index (χ0) is 11.1. The van der Waals surface area contributed by atoms with Crippen LogP contribution in [0.25, 0.3) is 0 Å². The molecule has 2 heteroatoms. The molecule has 1 fully saturated rings. The number of benzene rings is 1. The van der Waals surface area contributed by atoms with Crippen LogP contribution in [0.4, 0.5) is 5.69 Å². The summed E-state index contributed by atoms with van der Waals surface area (Å²) in [6.07, 6.45) is 1.04. The van der Waals surface area contributed by atoms with Gasteiger partial charge in [0.15, 0.2) is 0 Å². The van der Waals surface area contributed by atoms with Crippen LogP contribution in [0.15, 0.2) is 24.3 Å². The minimum absolute atomic E-state index is 0.163. The molecule has 1 aromatic rings. The highest BCUT2D eigenvalue weighted by molar-refractivity contribution is 6.03. The third kappa shape index (κ3) is 1.65. The predicted molar refractivity (Wildman–Crippen MR) is 62.0 cm³/mol. The first kappa shape index (κ1) is 10.2. The zero-order valence-electron chi connectivity index (χ0n) is 9.58. The van der Waals surface area contributed by atoms with Crippen molar-refractivity contribution in [3.05, 3.63) is 29.8 Å². The number of aryl methyl sites for hydroxylation is 1. The summed E-state index contributed by atoms with van der Waals surface area (Å²) in [4.78, 5) is 13.6. The first-order chi connectivity index (χ1) is 7.04. The Kier molecular flexibility index (Phi) is 2.29. The molecule has 15 heavy (non-hydrogen) atoms.